The molecular weight excluding hydrogens is 253 g/mol. The summed E-state index contributed by atoms with van der Waals surface area (Å²) in [6.07, 6.45) is 3.49. The summed E-state index contributed by atoms with van der Waals surface area (Å²) < 4.78 is 1.64. The first kappa shape index (κ1) is 13.3. The van der Waals surface area contributed by atoms with Crippen LogP contribution in [0.15, 0.2) is 11.0 Å². The normalized spacial score (nSPS) is 21.6. The van der Waals surface area contributed by atoms with Crippen molar-refractivity contribution < 1.29 is 4.79 Å². The Morgan fingerprint density at radius 2 is 2.00 bits per heavy atom. The highest BCUT2D eigenvalue weighted by atomic mass is 16.2. The molecule has 2 aliphatic rings. The molecule has 1 radical (unpaired) electrons. The van der Waals surface area contributed by atoms with Gasteiger partial charge in [-0.25, -0.2) is 4.79 Å². The van der Waals surface area contributed by atoms with E-state index in [0.717, 1.165) is 29.4 Å². The summed E-state index contributed by atoms with van der Waals surface area (Å²) in [6.45, 7) is 3.41. The van der Waals surface area contributed by atoms with E-state index in [4.69, 9.17) is 0 Å². The molecule has 1 aromatic heterocycles. The average molecular weight is 272 g/mol. The number of aromatic nitrogens is 1. The Morgan fingerprint density at radius 1 is 1.25 bits per heavy atom. The van der Waals surface area contributed by atoms with Gasteiger partial charge < -0.3 is 14.4 Å². The summed E-state index contributed by atoms with van der Waals surface area (Å²) >= 11 is 0. The van der Waals surface area contributed by atoms with Gasteiger partial charge in [-0.1, -0.05) is 12.3 Å². The van der Waals surface area contributed by atoms with Gasteiger partial charge in [-0.05, 0) is 18.4 Å². The van der Waals surface area contributed by atoms with Crippen LogP contribution in [-0.2, 0) is 13.5 Å². The number of urea groups is 1. The molecule has 5 nitrogen and oxygen atoms in total. The number of carbonyl (C=O) groups excluding carboxylic acids is 1. The summed E-state index contributed by atoms with van der Waals surface area (Å²) in [5.41, 5.74) is 3.12. The van der Waals surface area contributed by atoms with Gasteiger partial charge in [0.2, 0.25) is 0 Å². The van der Waals surface area contributed by atoms with Crippen LogP contribution in [-0.4, -0.2) is 47.8 Å². The lowest BCUT2D eigenvalue weighted by Gasteiger charge is -2.43. The Hall–Kier alpha value is -1.72. The zero-order chi connectivity index (χ0) is 14.4. The molecule has 0 saturated carbocycles. The zero-order valence-electron chi connectivity index (χ0n) is 12.2. The van der Waals surface area contributed by atoms with Crippen molar-refractivity contribution >= 4 is 18.8 Å². The topological polar surface area (TPSA) is 45.6 Å². The van der Waals surface area contributed by atoms with Gasteiger partial charge in [-0.2, -0.15) is 0 Å². The fourth-order valence-electron chi connectivity index (χ4n) is 3.40. The van der Waals surface area contributed by atoms with E-state index in [1.54, 1.807) is 16.5 Å². The number of amides is 2. The Morgan fingerprint density at radius 3 is 2.70 bits per heavy atom. The lowest BCUT2D eigenvalue weighted by Crippen LogP contribution is -2.54. The third-order valence-corrected chi connectivity index (χ3v) is 4.49. The number of nitrogens with zero attached hydrogens (tertiary/aromatic N) is 3. The molecule has 0 bridgehead atoms. The minimum atomic E-state index is -0.0546. The van der Waals surface area contributed by atoms with Crippen LogP contribution in [0.5, 0.6) is 0 Å². The van der Waals surface area contributed by atoms with Gasteiger partial charge in [0.25, 0.3) is 5.56 Å². The van der Waals surface area contributed by atoms with Gasteiger partial charge in [0.1, 0.15) is 0 Å². The van der Waals surface area contributed by atoms with Crippen molar-refractivity contribution in [3.8, 4) is 0 Å². The smallest absolute Gasteiger partial charge is 0.320 e. The van der Waals surface area contributed by atoms with Crippen LogP contribution in [0.2, 0.25) is 6.82 Å². The van der Waals surface area contributed by atoms with Gasteiger partial charge in [-0.15, -0.1) is 0 Å². The van der Waals surface area contributed by atoms with Crippen molar-refractivity contribution in [1.29, 1.82) is 0 Å². The predicted octanol–water partition coefficient (Wildman–Crippen LogP) is 0.118. The minimum absolute atomic E-state index is 0.0395. The quantitative estimate of drug-likeness (QED) is 0.682. The molecule has 0 aromatic carbocycles. The van der Waals surface area contributed by atoms with Crippen LogP contribution in [0, 0.1) is 0 Å². The van der Waals surface area contributed by atoms with E-state index >= 15 is 0 Å². The van der Waals surface area contributed by atoms with E-state index in [9.17, 15) is 9.59 Å². The monoisotopic (exact) mass is 272 g/mol. The van der Waals surface area contributed by atoms with Crippen LogP contribution >= 0.6 is 0 Å². The van der Waals surface area contributed by atoms with Gasteiger partial charge in [-0.3, -0.25) is 4.79 Å². The number of carbonyl (C=O) groups is 1. The van der Waals surface area contributed by atoms with Crippen molar-refractivity contribution in [2.24, 2.45) is 7.05 Å². The van der Waals surface area contributed by atoms with E-state index in [2.05, 4.69) is 0 Å². The van der Waals surface area contributed by atoms with Crippen molar-refractivity contribution in [2.75, 3.05) is 20.1 Å². The maximum atomic E-state index is 12.5. The molecule has 1 saturated heterocycles. The molecule has 1 unspecified atom stereocenters. The lowest BCUT2D eigenvalue weighted by molar-refractivity contribution is 0.103. The number of fused-ring (bicyclic) bond motifs is 3. The van der Waals surface area contributed by atoms with E-state index in [-0.39, 0.29) is 17.6 Å². The number of hydrogen-bond acceptors (Lipinski definition) is 2. The van der Waals surface area contributed by atoms with Crippen molar-refractivity contribution in [3.63, 3.8) is 0 Å². The van der Waals surface area contributed by atoms with Crippen LogP contribution in [0.1, 0.15) is 23.6 Å². The van der Waals surface area contributed by atoms with E-state index in [0.29, 0.717) is 13.1 Å². The Balaban J connectivity index is 2.15. The van der Waals surface area contributed by atoms with Crippen molar-refractivity contribution in [1.82, 2.24) is 14.4 Å². The maximum absolute atomic E-state index is 12.5. The molecule has 0 aliphatic carbocycles. The second kappa shape index (κ2) is 4.68. The lowest BCUT2D eigenvalue weighted by atomic mass is 9.69. The zero-order valence-corrected chi connectivity index (χ0v) is 12.2. The van der Waals surface area contributed by atoms with E-state index in [1.165, 1.54) is 0 Å². The summed E-state index contributed by atoms with van der Waals surface area (Å²) in [4.78, 5) is 28.4. The summed E-state index contributed by atoms with van der Waals surface area (Å²) in [7, 11) is 5.65. The number of aryl methyl sites for hydroxylation is 1. The molecule has 3 rings (SSSR count). The largest absolute Gasteiger partial charge is 0.328 e. The Kier molecular flexibility index (Phi) is 3.11. The van der Waals surface area contributed by atoms with Crippen LogP contribution in [0.3, 0.4) is 0 Å². The molecule has 1 aromatic rings. The molecule has 2 aliphatic heterocycles. The van der Waals surface area contributed by atoms with Gasteiger partial charge in [0, 0.05) is 38.9 Å². The molecule has 0 N–H and O–H groups in total. The molecule has 20 heavy (non-hydrogen) atoms. The summed E-state index contributed by atoms with van der Waals surface area (Å²) in [5.74, 6) is 0. The second-order valence-corrected chi connectivity index (χ2v) is 5.63. The van der Waals surface area contributed by atoms with E-state index in [1.807, 2.05) is 32.2 Å². The van der Waals surface area contributed by atoms with Crippen LogP contribution in [0.4, 0.5) is 4.79 Å². The SMILES string of the molecule is C[B]c1cn(C)c(=O)c2c1CCN1C(=O)N(C)CCC21. The third kappa shape index (κ3) is 1.78. The van der Waals surface area contributed by atoms with Crippen molar-refractivity contribution in [3.05, 3.63) is 27.7 Å². The molecule has 6 heteroatoms. The minimum Gasteiger partial charge on any atom is -0.328 e. The Labute approximate surface area is 119 Å². The molecule has 1 fully saturated rings. The number of rotatable bonds is 1. The number of pyridine rings is 1. The molecule has 105 valence electrons. The fraction of sp³-hybridized carbons (Fsp3) is 0.571. The first-order chi connectivity index (χ1) is 9.54. The standard InChI is InChI=1S/C14H19BN3O2/c1-15-10-8-17(3)13(19)12-9(10)4-7-18-11(12)5-6-16(2)14(18)20/h8,11H,4-7H2,1-3H3. The van der Waals surface area contributed by atoms with Crippen LogP contribution in [0.25, 0.3) is 0 Å². The fourth-order valence-corrected chi connectivity index (χ4v) is 3.40. The highest BCUT2D eigenvalue weighted by Gasteiger charge is 2.38. The molecule has 3 heterocycles. The Bertz CT molecular complexity index is 626. The first-order valence-corrected chi connectivity index (χ1v) is 7.08. The van der Waals surface area contributed by atoms with Crippen molar-refractivity contribution in [2.45, 2.75) is 25.7 Å². The molecular formula is C14H19BN3O2. The van der Waals surface area contributed by atoms with Crippen LogP contribution < -0.4 is 11.0 Å². The second-order valence-electron chi connectivity index (χ2n) is 5.63. The van der Waals surface area contributed by atoms with Gasteiger partial charge >= 0.3 is 6.03 Å². The molecule has 2 amide bonds. The third-order valence-electron chi connectivity index (χ3n) is 4.49. The van der Waals surface area contributed by atoms with Gasteiger partial charge in [0.15, 0.2) is 7.28 Å². The summed E-state index contributed by atoms with van der Waals surface area (Å²) in [5, 5.41) is 0. The predicted molar refractivity (Wildman–Crippen MR) is 78.7 cm³/mol. The summed E-state index contributed by atoms with van der Waals surface area (Å²) in [6, 6.07) is -0.0131. The maximum Gasteiger partial charge on any atom is 0.320 e. The average Bonchev–Trinajstić information content (AvgIpc) is 2.45. The van der Waals surface area contributed by atoms with E-state index < -0.39 is 0 Å². The highest BCUT2D eigenvalue weighted by Crippen LogP contribution is 2.32. The molecule has 1 atom stereocenters. The van der Waals surface area contributed by atoms with Gasteiger partial charge in [0.05, 0.1) is 6.04 Å². The number of hydrogen-bond donors (Lipinski definition) is 0. The molecule has 0 spiro atoms. The first-order valence-electron chi connectivity index (χ1n) is 7.08. The highest BCUT2D eigenvalue weighted by molar-refractivity contribution is 6.52.